The van der Waals surface area contributed by atoms with Crippen LogP contribution in [0, 0.1) is 17.8 Å². The average molecular weight is 478 g/mol. The summed E-state index contributed by atoms with van der Waals surface area (Å²) in [5.74, 6) is -2.83. The van der Waals surface area contributed by atoms with Gasteiger partial charge in [-0.05, 0) is 44.1 Å². The number of rotatable bonds is 2. The predicted octanol–water partition coefficient (Wildman–Crippen LogP) is 1.70. The Kier molecular flexibility index (Phi) is 9.41. The third kappa shape index (κ3) is 6.67. The van der Waals surface area contributed by atoms with Gasteiger partial charge in [-0.25, -0.2) is 0 Å². The van der Waals surface area contributed by atoms with E-state index >= 15 is 0 Å². The summed E-state index contributed by atoms with van der Waals surface area (Å²) in [5.41, 5.74) is 0.365. The van der Waals surface area contributed by atoms with Crippen molar-refractivity contribution in [2.45, 2.75) is 79.0 Å². The number of carbonyl (C=O) groups excluding carboxylic acids is 5. The highest BCUT2D eigenvalue weighted by Crippen LogP contribution is 2.23. The Labute approximate surface area is 202 Å². The van der Waals surface area contributed by atoms with Gasteiger partial charge < -0.3 is 19.9 Å². The molecular formula is C25H39N3O6. The van der Waals surface area contributed by atoms with Crippen LogP contribution in [-0.2, 0) is 28.7 Å². The van der Waals surface area contributed by atoms with Crippen LogP contribution >= 0.6 is 0 Å². The third-order valence-corrected chi connectivity index (χ3v) is 6.48. The molecule has 0 saturated carbocycles. The lowest BCUT2D eigenvalue weighted by Crippen LogP contribution is -2.55. The quantitative estimate of drug-likeness (QED) is 0.606. The number of fused-ring (bicyclic) bond motifs is 1. The lowest BCUT2D eigenvalue weighted by molar-refractivity contribution is -0.154. The molecule has 9 nitrogen and oxygen atoms in total. The SMILES string of the molecule is C/C1=C\[C@@H](C(C)C)C(=O)OC(C)CC(=O)N[C@@H](C(C)C)C(=O)N2CCCC2C(=O)N(C)CC1=O. The van der Waals surface area contributed by atoms with Crippen LogP contribution in [0.4, 0.5) is 0 Å². The predicted molar refractivity (Wildman–Crippen MR) is 126 cm³/mol. The van der Waals surface area contributed by atoms with Crippen LogP contribution in [0.2, 0.25) is 0 Å². The molecule has 2 heterocycles. The Morgan fingerprint density at radius 1 is 1.03 bits per heavy atom. The zero-order chi connectivity index (χ0) is 25.7. The Morgan fingerprint density at radius 3 is 2.26 bits per heavy atom. The lowest BCUT2D eigenvalue weighted by atomic mass is 9.92. The van der Waals surface area contributed by atoms with E-state index < -0.39 is 36.0 Å². The summed E-state index contributed by atoms with van der Waals surface area (Å²) < 4.78 is 5.52. The third-order valence-electron chi connectivity index (χ3n) is 6.48. The molecule has 0 aromatic carbocycles. The molecular weight excluding hydrogens is 438 g/mol. The van der Waals surface area contributed by atoms with Crippen molar-refractivity contribution >= 4 is 29.5 Å². The fraction of sp³-hybridized carbons (Fsp3) is 0.720. The number of nitrogens with one attached hydrogen (secondary N) is 1. The number of cyclic esters (lactones) is 1. The Balaban J connectivity index is 2.43. The molecule has 0 radical (unpaired) electrons. The highest BCUT2D eigenvalue weighted by atomic mass is 16.5. The number of hydrogen-bond donors (Lipinski definition) is 1. The Morgan fingerprint density at radius 2 is 1.68 bits per heavy atom. The van der Waals surface area contributed by atoms with E-state index in [9.17, 15) is 24.0 Å². The van der Waals surface area contributed by atoms with Crippen LogP contribution in [-0.4, -0.2) is 77.6 Å². The van der Waals surface area contributed by atoms with Crippen molar-refractivity contribution in [3.05, 3.63) is 11.6 Å². The molecule has 34 heavy (non-hydrogen) atoms. The Bertz CT molecular complexity index is 850. The summed E-state index contributed by atoms with van der Waals surface area (Å²) in [6.45, 7) is 10.9. The van der Waals surface area contributed by atoms with Gasteiger partial charge in [0.15, 0.2) is 5.78 Å². The van der Waals surface area contributed by atoms with Gasteiger partial charge in [-0.1, -0.05) is 33.8 Å². The first kappa shape index (κ1) is 27.5. The first-order valence-electron chi connectivity index (χ1n) is 12.1. The summed E-state index contributed by atoms with van der Waals surface area (Å²) in [6, 6.07) is -1.48. The maximum absolute atomic E-state index is 13.4. The van der Waals surface area contributed by atoms with Gasteiger partial charge in [0.05, 0.1) is 18.9 Å². The van der Waals surface area contributed by atoms with Crippen molar-refractivity contribution in [2.24, 2.45) is 17.8 Å². The second-order valence-corrected chi connectivity index (χ2v) is 10.2. The van der Waals surface area contributed by atoms with E-state index in [-0.39, 0.29) is 42.4 Å². The van der Waals surface area contributed by atoms with Crippen LogP contribution < -0.4 is 5.32 Å². The van der Waals surface area contributed by atoms with Crippen LogP contribution in [0.15, 0.2) is 11.6 Å². The van der Waals surface area contributed by atoms with E-state index in [4.69, 9.17) is 4.74 Å². The van der Waals surface area contributed by atoms with Gasteiger partial charge in [-0.3, -0.25) is 24.0 Å². The van der Waals surface area contributed by atoms with Gasteiger partial charge in [0.25, 0.3) is 0 Å². The number of ketones is 1. The zero-order valence-electron chi connectivity index (χ0n) is 21.4. The molecule has 2 aliphatic rings. The second-order valence-electron chi connectivity index (χ2n) is 10.2. The van der Waals surface area contributed by atoms with Gasteiger partial charge in [0, 0.05) is 13.6 Å². The van der Waals surface area contributed by atoms with Crippen molar-refractivity contribution in [1.29, 1.82) is 0 Å². The number of hydrogen-bond acceptors (Lipinski definition) is 6. The van der Waals surface area contributed by atoms with Crippen molar-refractivity contribution in [1.82, 2.24) is 15.1 Å². The van der Waals surface area contributed by atoms with Crippen LogP contribution in [0.25, 0.3) is 0 Å². The fourth-order valence-corrected chi connectivity index (χ4v) is 4.36. The summed E-state index contributed by atoms with van der Waals surface area (Å²) >= 11 is 0. The molecule has 0 aromatic rings. The van der Waals surface area contributed by atoms with E-state index in [0.29, 0.717) is 25.0 Å². The maximum Gasteiger partial charge on any atom is 0.313 e. The highest BCUT2D eigenvalue weighted by Gasteiger charge is 2.40. The number of amides is 3. The topological polar surface area (TPSA) is 113 Å². The maximum atomic E-state index is 13.4. The van der Waals surface area contributed by atoms with Gasteiger partial charge in [0.2, 0.25) is 17.7 Å². The van der Waals surface area contributed by atoms with Crippen LogP contribution in [0.5, 0.6) is 0 Å². The molecule has 2 rings (SSSR count). The minimum atomic E-state index is -0.807. The molecule has 1 saturated heterocycles. The largest absolute Gasteiger partial charge is 0.462 e. The number of esters is 1. The molecule has 0 spiro atoms. The molecule has 9 heteroatoms. The normalized spacial score (nSPS) is 30.1. The second kappa shape index (κ2) is 11.6. The van der Waals surface area contributed by atoms with E-state index in [0.717, 1.165) is 0 Å². The number of carbonyl (C=O) groups is 5. The first-order valence-corrected chi connectivity index (χ1v) is 12.1. The van der Waals surface area contributed by atoms with Crippen LogP contribution in [0.1, 0.15) is 60.8 Å². The minimum absolute atomic E-state index is 0.0974. The first-order chi connectivity index (χ1) is 15.8. The molecule has 0 aliphatic carbocycles. The molecule has 4 atom stereocenters. The zero-order valence-corrected chi connectivity index (χ0v) is 21.4. The van der Waals surface area contributed by atoms with Crippen molar-refractivity contribution in [2.75, 3.05) is 20.1 Å². The molecule has 0 bridgehead atoms. The van der Waals surface area contributed by atoms with E-state index in [2.05, 4.69) is 5.32 Å². The standard InChI is InChI=1S/C25H39N3O6/c1-14(2)18-11-16(5)20(29)13-27(7)23(31)19-9-8-10-28(19)24(32)22(15(3)4)26-21(30)12-17(6)34-25(18)33/h11,14-15,17-19,22H,8-10,12-13H2,1-7H3,(H,26,30)/b16-11+/t17?,18-,19?,22-/m0/s1. The van der Waals surface area contributed by atoms with Gasteiger partial charge in [0.1, 0.15) is 18.2 Å². The molecule has 0 aromatic heterocycles. The average Bonchev–Trinajstić information content (AvgIpc) is 3.22. The highest BCUT2D eigenvalue weighted by molar-refractivity contribution is 6.00. The van der Waals surface area contributed by atoms with E-state index in [1.807, 2.05) is 27.7 Å². The van der Waals surface area contributed by atoms with E-state index in [1.165, 1.54) is 9.80 Å². The van der Waals surface area contributed by atoms with Crippen LogP contribution in [0.3, 0.4) is 0 Å². The van der Waals surface area contributed by atoms with Gasteiger partial charge >= 0.3 is 5.97 Å². The summed E-state index contributed by atoms with van der Waals surface area (Å²) in [6.07, 6.45) is 1.96. The van der Waals surface area contributed by atoms with Gasteiger partial charge in [-0.2, -0.15) is 0 Å². The number of likely N-dealkylation sites (N-methyl/N-ethyl adjacent to an activating group) is 1. The molecule has 2 aliphatic heterocycles. The Hall–Kier alpha value is -2.71. The van der Waals surface area contributed by atoms with Gasteiger partial charge in [-0.15, -0.1) is 0 Å². The molecule has 2 unspecified atom stereocenters. The van der Waals surface area contributed by atoms with E-state index in [1.54, 1.807) is 27.0 Å². The fourth-order valence-electron chi connectivity index (χ4n) is 4.36. The number of Topliss-reactive ketones (excluding diaryl/α,β-unsaturated/α-hetero) is 1. The summed E-state index contributed by atoms with van der Waals surface area (Å²) in [5, 5.41) is 2.78. The van der Waals surface area contributed by atoms with Crippen molar-refractivity contribution in [3.63, 3.8) is 0 Å². The lowest BCUT2D eigenvalue weighted by Gasteiger charge is -2.32. The number of nitrogens with zero attached hydrogens (tertiary/aromatic N) is 2. The number of ether oxygens (including phenoxy) is 1. The summed E-state index contributed by atoms with van der Waals surface area (Å²) in [4.78, 5) is 67.8. The molecule has 1 N–H and O–H groups in total. The minimum Gasteiger partial charge on any atom is -0.462 e. The summed E-state index contributed by atoms with van der Waals surface area (Å²) in [7, 11) is 1.54. The van der Waals surface area contributed by atoms with Crippen molar-refractivity contribution in [3.8, 4) is 0 Å². The molecule has 1 fully saturated rings. The molecule has 3 amide bonds. The molecule has 190 valence electrons. The van der Waals surface area contributed by atoms with Crippen molar-refractivity contribution < 1.29 is 28.7 Å². The smallest absolute Gasteiger partial charge is 0.313 e. The monoisotopic (exact) mass is 477 g/mol.